The molecular formula is C16H33O. The minimum absolute atomic E-state index is 0.447. The first-order valence-corrected chi connectivity index (χ1v) is 7.63. The van der Waals surface area contributed by atoms with Crippen molar-refractivity contribution in [1.29, 1.82) is 0 Å². The molecule has 0 spiro atoms. The molecule has 1 atom stereocenters. The molecule has 0 saturated carbocycles. The van der Waals surface area contributed by atoms with Crippen molar-refractivity contribution in [3.05, 3.63) is 6.92 Å². The van der Waals surface area contributed by atoms with E-state index < -0.39 is 0 Å². The lowest BCUT2D eigenvalue weighted by molar-refractivity contribution is 0.108. The van der Waals surface area contributed by atoms with Gasteiger partial charge in [0.05, 0.1) is 6.10 Å². The van der Waals surface area contributed by atoms with Gasteiger partial charge in [-0.15, -0.1) is 0 Å². The van der Waals surface area contributed by atoms with E-state index in [4.69, 9.17) is 4.74 Å². The smallest absolute Gasteiger partial charge is 0.0543 e. The second-order valence-corrected chi connectivity index (χ2v) is 5.22. The Morgan fingerprint density at radius 1 is 0.765 bits per heavy atom. The third-order valence-corrected chi connectivity index (χ3v) is 3.51. The Morgan fingerprint density at radius 3 is 1.59 bits per heavy atom. The SMILES string of the molecule is [CH2]CCCCCCCCCCCCC(C)OC. The van der Waals surface area contributed by atoms with Crippen molar-refractivity contribution < 1.29 is 4.74 Å². The minimum atomic E-state index is 0.447. The highest BCUT2D eigenvalue weighted by Crippen LogP contribution is 2.12. The molecule has 0 N–H and O–H groups in total. The largest absolute Gasteiger partial charge is 0.382 e. The molecule has 1 radical (unpaired) electrons. The van der Waals surface area contributed by atoms with Crippen LogP contribution in [0.3, 0.4) is 0 Å². The topological polar surface area (TPSA) is 9.23 Å². The summed E-state index contributed by atoms with van der Waals surface area (Å²) in [5, 5.41) is 0. The van der Waals surface area contributed by atoms with Crippen molar-refractivity contribution in [1.82, 2.24) is 0 Å². The van der Waals surface area contributed by atoms with Gasteiger partial charge in [0.15, 0.2) is 0 Å². The van der Waals surface area contributed by atoms with Crippen LogP contribution < -0.4 is 0 Å². The zero-order valence-electron chi connectivity index (χ0n) is 12.2. The fourth-order valence-electron chi connectivity index (χ4n) is 2.14. The molecule has 103 valence electrons. The van der Waals surface area contributed by atoms with Crippen molar-refractivity contribution in [2.45, 2.75) is 90.1 Å². The molecule has 0 aliphatic carbocycles. The highest BCUT2D eigenvalue weighted by atomic mass is 16.5. The Labute approximate surface area is 109 Å². The normalized spacial score (nSPS) is 12.9. The first kappa shape index (κ1) is 17.0. The number of hydrogen-bond acceptors (Lipinski definition) is 1. The van der Waals surface area contributed by atoms with Crippen molar-refractivity contribution >= 4 is 0 Å². The Bertz CT molecular complexity index is 133. The van der Waals surface area contributed by atoms with Gasteiger partial charge in [-0.1, -0.05) is 77.6 Å². The molecule has 0 fully saturated rings. The summed E-state index contributed by atoms with van der Waals surface area (Å²) in [5.74, 6) is 0. The molecule has 1 heteroatoms. The molecular weight excluding hydrogens is 208 g/mol. The van der Waals surface area contributed by atoms with Crippen LogP contribution in [0.15, 0.2) is 0 Å². The van der Waals surface area contributed by atoms with Gasteiger partial charge in [-0.05, 0) is 13.3 Å². The maximum atomic E-state index is 5.24. The monoisotopic (exact) mass is 241 g/mol. The Morgan fingerprint density at radius 2 is 1.18 bits per heavy atom. The van der Waals surface area contributed by atoms with Gasteiger partial charge in [-0.2, -0.15) is 0 Å². The summed E-state index contributed by atoms with van der Waals surface area (Å²) in [6.45, 7) is 6.03. The average molecular weight is 241 g/mol. The quantitative estimate of drug-likeness (QED) is 0.385. The van der Waals surface area contributed by atoms with Crippen LogP contribution in [-0.2, 0) is 4.74 Å². The van der Waals surface area contributed by atoms with E-state index >= 15 is 0 Å². The highest BCUT2D eigenvalue weighted by molar-refractivity contribution is 4.52. The third-order valence-electron chi connectivity index (χ3n) is 3.51. The van der Waals surface area contributed by atoms with Gasteiger partial charge in [0.2, 0.25) is 0 Å². The second kappa shape index (κ2) is 14.0. The van der Waals surface area contributed by atoms with E-state index in [1.165, 1.54) is 70.6 Å². The summed E-state index contributed by atoms with van der Waals surface area (Å²) in [7, 11) is 1.80. The first-order valence-electron chi connectivity index (χ1n) is 7.63. The van der Waals surface area contributed by atoms with Crippen molar-refractivity contribution in [3.63, 3.8) is 0 Å². The Hall–Kier alpha value is -0.0400. The minimum Gasteiger partial charge on any atom is -0.382 e. The molecule has 0 rings (SSSR count). The second-order valence-electron chi connectivity index (χ2n) is 5.22. The summed E-state index contributed by atoms with van der Waals surface area (Å²) >= 11 is 0. The van der Waals surface area contributed by atoms with Crippen LogP contribution in [0.5, 0.6) is 0 Å². The Balaban J connectivity index is 2.94. The van der Waals surface area contributed by atoms with E-state index in [-0.39, 0.29) is 0 Å². The zero-order chi connectivity index (χ0) is 12.8. The lowest BCUT2D eigenvalue weighted by Gasteiger charge is -2.08. The van der Waals surface area contributed by atoms with Crippen LogP contribution in [0.2, 0.25) is 0 Å². The fraction of sp³-hybridized carbons (Fsp3) is 0.938. The van der Waals surface area contributed by atoms with E-state index in [2.05, 4.69) is 13.8 Å². The lowest BCUT2D eigenvalue weighted by atomic mass is 10.0. The van der Waals surface area contributed by atoms with E-state index in [0.29, 0.717) is 6.10 Å². The molecule has 0 heterocycles. The molecule has 0 aromatic heterocycles. The maximum Gasteiger partial charge on any atom is 0.0543 e. The van der Waals surface area contributed by atoms with Gasteiger partial charge in [-0.25, -0.2) is 0 Å². The van der Waals surface area contributed by atoms with Crippen molar-refractivity contribution in [2.75, 3.05) is 7.11 Å². The number of ether oxygens (including phenoxy) is 1. The summed E-state index contributed by atoms with van der Waals surface area (Å²) in [6, 6.07) is 0. The van der Waals surface area contributed by atoms with Crippen LogP contribution in [0.25, 0.3) is 0 Å². The van der Waals surface area contributed by atoms with Gasteiger partial charge < -0.3 is 4.74 Å². The molecule has 0 bridgehead atoms. The van der Waals surface area contributed by atoms with Gasteiger partial charge in [0, 0.05) is 7.11 Å². The Kier molecular flexibility index (Phi) is 14.0. The average Bonchev–Trinajstić information content (AvgIpc) is 2.35. The zero-order valence-corrected chi connectivity index (χ0v) is 12.2. The van der Waals surface area contributed by atoms with E-state index in [0.717, 1.165) is 6.42 Å². The first-order chi connectivity index (χ1) is 8.31. The molecule has 0 aliphatic heterocycles. The summed E-state index contributed by atoms with van der Waals surface area (Å²) < 4.78 is 5.24. The van der Waals surface area contributed by atoms with Crippen LogP contribution in [-0.4, -0.2) is 13.2 Å². The van der Waals surface area contributed by atoms with E-state index in [1.807, 2.05) is 0 Å². The molecule has 0 saturated heterocycles. The van der Waals surface area contributed by atoms with Crippen LogP contribution in [0.4, 0.5) is 0 Å². The van der Waals surface area contributed by atoms with Crippen LogP contribution in [0.1, 0.15) is 84.0 Å². The number of rotatable bonds is 13. The van der Waals surface area contributed by atoms with E-state index in [1.54, 1.807) is 7.11 Å². The molecule has 0 aromatic rings. The van der Waals surface area contributed by atoms with Crippen LogP contribution in [0, 0.1) is 6.92 Å². The summed E-state index contributed by atoms with van der Waals surface area (Å²) in [5.41, 5.74) is 0. The molecule has 17 heavy (non-hydrogen) atoms. The molecule has 0 aliphatic rings. The standard InChI is InChI=1S/C16H33O/c1-4-5-6-7-8-9-10-11-12-13-14-15-16(2)17-3/h16H,1,4-15H2,2-3H3. The summed E-state index contributed by atoms with van der Waals surface area (Å²) in [4.78, 5) is 0. The van der Waals surface area contributed by atoms with Gasteiger partial charge in [0.1, 0.15) is 0 Å². The van der Waals surface area contributed by atoms with Crippen molar-refractivity contribution in [3.8, 4) is 0 Å². The third kappa shape index (κ3) is 13.9. The number of unbranched alkanes of at least 4 members (excludes halogenated alkanes) is 10. The predicted molar refractivity (Wildman–Crippen MR) is 77.2 cm³/mol. The fourth-order valence-corrected chi connectivity index (χ4v) is 2.14. The van der Waals surface area contributed by atoms with Gasteiger partial charge in [-0.3, -0.25) is 0 Å². The molecule has 1 nitrogen and oxygen atoms in total. The highest BCUT2D eigenvalue weighted by Gasteiger charge is 1.98. The lowest BCUT2D eigenvalue weighted by Crippen LogP contribution is -2.03. The van der Waals surface area contributed by atoms with Gasteiger partial charge >= 0.3 is 0 Å². The van der Waals surface area contributed by atoms with Crippen molar-refractivity contribution in [2.24, 2.45) is 0 Å². The predicted octanol–water partition coefficient (Wildman–Crippen LogP) is 5.54. The maximum absolute atomic E-state index is 5.24. The molecule has 0 aromatic carbocycles. The van der Waals surface area contributed by atoms with Gasteiger partial charge in [0.25, 0.3) is 0 Å². The summed E-state index contributed by atoms with van der Waals surface area (Å²) in [6.07, 6.45) is 16.8. The molecule has 1 unspecified atom stereocenters. The van der Waals surface area contributed by atoms with E-state index in [9.17, 15) is 0 Å². The van der Waals surface area contributed by atoms with Crippen LogP contribution >= 0.6 is 0 Å². The number of methoxy groups -OCH3 is 1. The number of hydrogen-bond donors (Lipinski definition) is 0. The molecule has 0 amide bonds.